The third-order valence-corrected chi connectivity index (χ3v) is 8.82. The van der Waals surface area contributed by atoms with Crippen LogP contribution in [0, 0.1) is 0 Å². The van der Waals surface area contributed by atoms with Gasteiger partial charge in [0, 0.05) is 5.56 Å². The van der Waals surface area contributed by atoms with E-state index in [1.54, 1.807) is 5.56 Å². The number of hydrogen-bond donors (Lipinski definition) is 0. The molecule has 0 aromatic heterocycles. The Hall–Kier alpha value is -0.340. The average Bonchev–Trinajstić information content (AvgIpc) is 2.93. The first-order chi connectivity index (χ1) is 18.8. The minimum absolute atomic E-state index is 0. The van der Waals surface area contributed by atoms with Gasteiger partial charge in [0.25, 0.3) is 0 Å². The molecule has 2 heteroatoms. The molecule has 1 nitrogen and oxygen atoms in total. The highest BCUT2D eigenvalue weighted by Crippen LogP contribution is 2.22. The van der Waals surface area contributed by atoms with Crippen LogP contribution in [0.1, 0.15) is 180 Å². The van der Waals surface area contributed by atoms with Crippen LogP contribution in [0.15, 0.2) is 30.3 Å². The lowest BCUT2D eigenvalue weighted by Crippen LogP contribution is -3.00. The van der Waals surface area contributed by atoms with E-state index in [0.717, 1.165) is 0 Å². The fourth-order valence-electron chi connectivity index (χ4n) is 6.29. The lowest BCUT2D eigenvalue weighted by atomic mass is 10.0. The quantitative estimate of drug-likeness (QED) is 0.0628. The number of halogens is 1. The van der Waals surface area contributed by atoms with Crippen molar-refractivity contribution in [3.63, 3.8) is 0 Å². The van der Waals surface area contributed by atoms with Crippen molar-refractivity contribution in [2.75, 3.05) is 19.6 Å². The van der Waals surface area contributed by atoms with E-state index in [1.807, 2.05) is 0 Å². The number of hydrogen-bond acceptors (Lipinski definition) is 0. The molecule has 0 amide bonds. The fourth-order valence-corrected chi connectivity index (χ4v) is 6.29. The Morgan fingerprint density at radius 3 is 0.974 bits per heavy atom. The predicted octanol–water partition coefficient (Wildman–Crippen LogP) is 9.43. The van der Waals surface area contributed by atoms with Crippen LogP contribution < -0.4 is 17.0 Å². The zero-order valence-corrected chi connectivity index (χ0v) is 28.6. The van der Waals surface area contributed by atoms with Crippen molar-refractivity contribution in [3.05, 3.63) is 35.9 Å². The summed E-state index contributed by atoms with van der Waals surface area (Å²) in [5.41, 5.74) is 1.56. The van der Waals surface area contributed by atoms with E-state index in [1.165, 1.54) is 185 Å². The molecule has 0 fully saturated rings. The Morgan fingerprint density at radius 2 is 0.667 bits per heavy atom. The second-order valence-corrected chi connectivity index (χ2v) is 12.6. The van der Waals surface area contributed by atoms with Gasteiger partial charge < -0.3 is 21.5 Å². The van der Waals surface area contributed by atoms with Crippen molar-refractivity contribution in [1.82, 2.24) is 0 Å². The van der Waals surface area contributed by atoms with Gasteiger partial charge in [-0.3, -0.25) is 0 Å². The van der Waals surface area contributed by atoms with Crippen LogP contribution in [0.4, 0.5) is 0 Å². The van der Waals surface area contributed by atoms with Gasteiger partial charge in [0.1, 0.15) is 6.54 Å². The maximum atomic E-state index is 2.39. The van der Waals surface area contributed by atoms with Gasteiger partial charge in [0.15, 0.2) is 0 Å². The summed E-state index contributed by atoms with van der Waals surface area (Å²) < 4.78 is 1.35. The van der Waals surface area contributed by atoms with E-state index >= 15 is 0 Å². The smallest absolute Gasteiger partial charge is 0.104 e. The molecule has 230 valence electrons. The Kier molecular flexibility index (Phi) is 28.9. The molecule has 0 N–H and O–H groups in total. The van der Waals surface area contributed by atoms with Gasteiger partial charge in [-0.15, -0.1) is 0 Å². The third-order valence-electron chi connectivity index (χ3n) is 8.82. The molecule has 0 aliphatic heterocycles. The Bertz CT molecular complexity index is 536. The zero-order valence-electron chi connectivity index (χ0n) is 27.0. The monoisotopic (exact) mass is 607 g/mol. The first-order valence-electron chi connectivity index (χ1n) is 17.7. The molecule has 0 saturated carbocycles. The number of quaternary nitrogens is 1. The summed E-state index contributed by atoms with van der Waals surface area (Å²) in [5.74, 6) is 0. The molecule has 1 aromatic carbocycles. The molecule has 0 heterocycles. The van der Waals surface area contributed by atoms with Gasteiger partial charge in [-0.1, -0.05) is 167 Å². The molecule has 0 radical (unpaired) electrons. The Morgan fingerprint density at radius 1 is 0.385 bits per heavy atom. The van der Waals surface area contributed by atoms with Gasteiger partial charge in [0.2, 0.25) is 0 Å². The molecule has 39 heavy (non-hydrogen) atoms. The minimum Gasteiger partial charge on any atom is -1.00 e. The molecule has 0 unspecified atom stereocenters. The summed E-state index contributed by atoms with van der Waals surface area (Å²) in [6, 6.07) is 11.5. The minimum atomic E-state index is 0. The number of nitrogens with zero attached hydrogens (tertiary/aromatic N) is 1. The number of unbranched alkanes of at least 4 members (excludes halogenated alkanes) is 21. The summed E-state index contributed by atoms with van der Waals surface area (Å²) >= 11 is 0. The van der Waals surface area contributed by atoms with Crippen LogP contribution in [0.5, 0.6) is 0 Å². The van der Waals surface area contributed by atoms with Crippen LogP contribution in [0.25, 0.3) is 0 Å². The first kappa shape index (κ1) is 38.7. The molecular formula is C37H70BrN. The summed E-state index contributed by atoms with van der Waals surface area (Å²) in [6.45, 7) is 12.4. The van der Waals surface area contributed by atoms with E-state index in [-0.39, 0.29) is 17.0 Å². The third kappa shape index (κ3) is 23.0. The SMILES string of the molecule is CCCCCCCCCC[N+](CCCCCCCCCC)(CCCCCCCCCC)Cc1ccccc1.[Br-]. The maximum Gasteiger partial charge on any atom is 0.104 e. The van der Waals surface area contributed by atoms with Crippen LogP contribution in [-0.4, -0.2) is 24.1 Å². The molecule has 1 aromatic rings. The van der Waals surface area contributed by atoms with E-state index in [2.05, 4.69) is 51.1 Å². The van der Waals surface area contributed by atoms with Crippen molar-refractivity contribution in [2.45, 2.75) is 181 Å². The normalized spacial score (nSPS) is 11.6. The van der Waals surface area contributed by atoms with Gasteiger partial charge in [-0.25, -0.2) is 0 Å². The van der Waals surface area contributed by atoms with Crippen LogP contribution in [0.2, 0.25) is 0 Å². The predicted molar refractivity (Wildman–Crippen MR) is 173 cm³/mol. The number of benzene rings is 1. The Balaban J connectivity index is 0.0000144. The average molecular weight is 609 g/mol. The highest BCUT2D eigenvalue weighted by Gasteiger charge is 2.26. The standard InChI is InChI=1S/C37H70N.BrH/c1-4-7-10-13-16-19-22-28-33-38(36-37-31-26-25-27-32-37,34-29-23-20-17-14-11-8-5-2)35-30-24-21-18-15-12-9-6-3;/h25-27,31-32H,4-24,28-30,33-36H2,1-3H3;1H/q+1;/p-1. The summed E-state index contributed by atoms with van der Waals surface area (Å²) in [4.78, 5) is 0. The summed E-state index contributed by atoms with van der Waals surface area (Å²) in [5, 5.41) is 0. The molecular weight excluding hydrogens is 538 g/mol. The summed E-state index contributed by atoms with van der Waals surface area (Å²) in [6.07, 6.45) is 34.3. The first-order valence-corrected chi connectivity index (χ1v) is 17.7. The largest absolute Gasteiger partial charge is 1.00 e. The zero-order chi connectivity index (χ0) is 27.4. The second kappa shape index (κ2) is 29.2. The molecule has 0 aliphatic rings. The molecule has 0 bridgehead atoms. The van der Waals surface area contributed by atoms with Gasteiger partial charge in [-0.05, 0) is 38.5 Å². The van der Waals surface area contributed by atoms with Crippen molar-refractivity contribution in [2.24, 2.45) is 0 Å². The highest BCUT2D eigenvalue weighted by molar-refractivity contribution is 5.13. The highest BCUT2D eigenvalue weighted by atomic mass is 79.9. The van der Waals surface area contributed by atoms with Crippen molar-refractivity contribution >= 4 is 0 Å². The molecule has 1 rings (SSSR count). The van der Waals surface area contributed by atoms with E-state index < -0.39 is 0 Å². The van der Waals surface area contributed by atoms with E-state index in [0.29, 0.717) is 0 Å². The van der Waals surface area contributed by atoms with Crippen LogP contribution in [-0.2, 0) is 6.54 Å². The lowest BCUT2D eigenvalue weighted by Gasteiger charge is -2.39. The maximum absolute atomic E-state index is 2.39. The number of rotatable bonds is 29. The molecule has 0 spiro atoms. The Labute approximate surface area is 257 Å². The van der Waals surface area contributed by atoms with Gasteiger partial charge >= 0.3 is 0 Å². The lowest BCUT2D eigenvalue weighted by molar-refractivity contribution is -0.941. The molecule has 0 aliphatic carbocycles. The topological polar surface area (TPSA) is 0 Å². The molecule has 0 saturated heterocycles. The summed E-state index contributed by atoms with van der Waals surface area (Å²) in [7, 11) is 0. The van der Waals surface area contributed by atoms with Gasteiger partial charge in [-0.2, -0.15) is 0 Å². The fraction of sp³-hybridized carbons (Fsp3) is 0.838. The van der Waals surface area contributed by atoms with E-state index in [4.69, 9.17) is 0 Å². The second-order valence-electron chi connectivity index (χ2n) is 12.6. The van der Waals surface area contributed by atoms with Crippen molar-refractivity contribution in [1.29, 1.82) is 0 Å². The van der Waals surface area contributed by atoms with Crippen molar-refractivity contribution in [3.8, 4) is 0 Å². The van der Waals surface area contributed by atoms with Crippen molar-refractivity contribution < 1.29 is 21.5 Å². The van der Waals surface area contributed by atoms with Gasteiger partial charge in [0.05, 0.1) is 19.6 Å². The van der Waals surface area contributed by atoms with Crippen LogP contribution in [0.3, 0.4) is 0 Å². The van der Waals surface area contributed by atoms with E-state index in [9.17, 15) is 0 Å². The molecule has 0 atom stereocenters. The van der Waals surface area contributed by atoms with Crippen LogP contribution >= 0.6 is 0 Å².